The second-order valence-electron chi connectivity index (χ2n) is 8.64. The zero-order valence-electron chi connectivity index (χ0n) is 18.5. The molecule has 2 aromatic carbocycles. The number of hydrogen-bond donors (Lipinski definition) is 0. The van der Waals surface area contributed by atoms with Gasteiger partial charge in [-0.25, -0.2) is 0 Å². The maximum Gasteiger partial charge on any atom is 0.307 e. The first-order valence-corrected chi connectivity index (χ1v) is 10.7. The van der Waals surface area contributed by atoms with Gasteiger partial charge >= 0.3 is 5.97 Å². The Morgan fingerprint density at radius 2 is 1.77 bits per heavy atom. The highest BCUT2D eigenvalue weighted by atomic mass is 16.6. The van der Waals surface area contributed by atoms with Crippen LogP contribution in [0.5, 0.6) is 5.75 Å². The molecule has 1 aliphatic heterocycles. The smallest absolute Gasteiger partial charge is 0.307 e. The molecule has 166 valence electrons. The molecule has 1 aliphatic rings. The van der Waals surface area contributed by atoms with Gasteiger partial charge in [0.1, 0.15) is 11.4 Å². The second kappa shape index (κ2) is 10.6. The van der Waals surface area contributed by atoms with Crippen LogP contribution in [0.1, 0.15) is 49.2 Å². The van der Waals surface area contributed by atoms with Gasteiger partial charge in [0, 0.05) is 25.2 Å². The molecule has 1 atom stereocenters. The topological polar surface area (TPSA) is 65.1 Å². The number of ketones is 1. The first-order chi connectivity index (χ1) is 14.8. The van der Waals surface area contributed by atoms with E-state index in [1.807, 2.05) is 63.2 Å². The highest BCUT2D eigenvalue weighted by Crippen LogP contribution is 2.24. The van der Waals surface area contributed by atoms with Crippen molar-refractivity contribution >= 4 is 11.8 Å². The molecule has 1 saturated heterocycles. The third kappa shape index (κ3) is 7.49. The molecule has 0 saturated carbocycles. The Labute approximate surface area is 184 Å². The number of benzene rings is 2. The van der Waals surface area contributed by atoms with E-state index in [0.29, 0.717) is 30.9 Å². The van der Waals surface area contributed by atoms with Crippen LogP contribution in [0.2, 0.25) is 0 Å². The lowest BCUT2D eigenvalue weighted by Gasteiger charge is -2.33. The lowest BCUT2D eigenvalue weighted by molar-refractivity contribution is -0.155. The number of esters is 1. The van der Waals surface area contributed by atoms with Crippen molar-refractivity contribution in [2.24, 2.45) is 0 Å². The number of nitrogens with zero attached hydrogens (tertiary/aromatic N) is 1. The molecular weight excluding hydrogens is 394 g/mol. The van der Waals surface area contributed by atoms with Crippen LogP contribution in [-0.4, -0.2) is 55.1 Å². The Balaban J connectivity index is 1.47. The van der Waals surface area contributed by atoms with Crippen LogP contribution in [-0.2, 0) is 14.3 Å². The molecule has 1 fully saturated rings. The molecule has 31 heavy (non-hydrogen) atoms. The number of Topliss-reactive ketones (excluding diaryl/α,β-unsaturated/α-hetero) is 1. The van der Waals surface area contributed by atoms with E-state index < -0.39 is 5.60 Å². The summed E-state index contributed by atoms with van der Waals surface area (Å²) in [5.74, 6) is 0.411. The third-order valence-corrected chi connectivity index (χ3v) is 4.92. The molecule has 6 heteroatoms. The van der Waals surface area contributed by atoms with E-state index in [4.69, 9.17) is 14.2 Å². The second-order valence-corrected chi connectivity index (χ2v) is 8.64. The van der Waals surface area contributed by atoms with Gasteiger partial charge in [-0.15, -0.1) is 0 Å². The van der Waals surface area contributed by atoms with Crippen molar-refractivity contribution in [2.75, 3.05) is 32.8 Å². The summed E-state index contributed by atoms with van der Waals surface area (Å²) >= 11 is 0. The number of morpholine rings is 1. The van der Waals surface area contributed by atoms with E-state index in [0.717, 1.165) is 18.7 Å². The summed E-state index contributed by atoms with van der Waals surface area (Å²) in [4.78, 5) is 26.4. The maximum absolute atomic E-state index is 12.2. The molecule has 2 aromatic rings. The fourth-order valence-corrected chi connectivity index (χ4v) is 3.38. The van der Waals surface area contributed by atoms with Crippen LogP contribution >= 0.6 is 0 Å². The standard InChI is InChI=1S/C25H31NO5/c1-25(2,3)31-24(28)13-14-26-15-16-29-23(17-26)20-9-11-21(12-10-20)30-18-22(27)19-7-5-4-6-8-19/h4-12,23H,13-18H2,1-3H3. The molecule has 6 nitrogen and oxygen atoms in total. The average Bonchev–Trinajstić information content (AvgIpc) is 2.76. The number of rotatable bonds is 8. The number of hydrogen-bond acceptors (Lipinski definition) is 6. The minimum absolute atomic E-state index is 0.00172. The molecule has 1 heterocycles. The van der Waals surface area contributed by atoms with Crippen LogP contribution in [0.4, 0.5) is 0 Å². The van der Waals surface area contributed by atoms with Crippen molar-refractivity contribution in [1.29, 1.82) is 0 Å². The van der Waals surface area contributed by atoms with Gasteiger partial charge in [0.05, 0.1) is 19.1 Å². The summed E-state index contributed by atoms with van der Waals surface area (Å²) in [5, 5.41) is 0. The SMILES string of the molecule is CC(C)(C)OC(=O)CCN1CCOC(c2ccc(OCC(=O)c3ccccc3)cc2)C1. The number of carbonyl (C=O) groups excluding carboxylic acids is 2. The Kier molecular flexibility index (Phi) is 7.82. The third-order valence-electron chi connectivity index (χ3n) is 4.92. The van der Waals surface area contributed by atoms with Gasteiger partial charge in [-0.1, -0.05) is 42.5 Å². The van der Waals surface area contributed by atoms with Crippen LogP contribution in [0, 0.1) is 0 Å². The fraction of sp³-hybridized carbons (Fsp3) is 0.440. The molecule has 0 radical (unpaired) electrons. The number of ether oxygens (including phenoxy) is 3. The van der Waals surface area contributed by atoms with Crippen molar-refractivity contribution in [1.82, 2.24) is 4.90 Å². The Morgan fingerprint density at radius 1 is 1.06 bits per heavy atom. The molecule has 1 unspecified atom stereocenters. The normalized spacial score (nSPS) is 17.2. The van der Waals surface area contributed by atoms with E-state index >= 15 is 0 Å². The molecular formula is C25H31NO5. The highest BCUT2D eigenvalue weighted by Gasteiger charge is 2.23. The van der Waals surface area contributed by atoms with Crippen molar-refractivity contribution < 1.29 is 23.8 Å². The summed E-state index contributed by atoms with van der Waals surface area (Å²) in [6.07, 6.45) is 0.305. The van der Waals surface area contributed by atoms with E-state index in [2.05, 4.69) is 4.90 Å². The van der Waals surface area contributed by atoms with Crippen LogP contribution in [0.25, 0.3) is 0 Å². The van der Waals surface area contributed by atoms with E-state index in [9.17, 15) is 9.59 Å². The molecule has 0 bridgehead atoms. The number of carbonyl (C=O) groups is 2. The fourth-order valence-electron chi connectivity index (χ4n) is 3.38. The van der Waals surface area contributed by atoms with Gasteiger partial charge in [0.2, 0.25) is 0 Å². The summed E-state index contributed by atoms with van der Waals surface area (Å²) in [6.45, 7) is 8.40. The molecule has 0 spiro atoms. The Bertz CT molecular complexity index is 858. The summed E-state index contributed by atoms with van der Waals surface area (Å²) < 4.78 is 16.9. The molecule has 0 aromatic heterocycles. The summed E-state index contributed by atoms with van der Waals surface area (Å²) in [6, 6.07) is 16.8. The minimum Gasteiger partial charge on any atom is -0.485 e. The lowest BCUT2D eigenvalue weighted by atomic mass is 10.1. The van der Waals surface area contributed by atoms with Gasteiger partial charge in [0.25, 0.3) is 0 Å². The van der Waals surface area contributed by atoms with Crippen LogP contribution in [0.3, 0.4) is 0 Å². The van der Waals surface area contributed by atoms with Crippen LogP contribution in [0.15, 0.2) is 54.6 Å². The van der Waals surface area contributed by atoms with Crippen LogP contribution < -0.4 is 4.74 Å². The molecule has 3 rings (SSSR count). The first kappa shape index (κ1) is 23.0. The maximum atomic E-state index is 12.2. The highest BCUT2D eigenvalue weighted by molar-refractivity contribution is 5.97. The average molecular weight is 426 g/mol. The molecule has 0 aliphatic carbocycles. The Morgan fingerprint density at radius 3 is 2.45 bits per heavy atom. The zero-order chi connectivity index (χ0) is 22.3. The largest absolute Gasteiger partial charge is 0.485 e. The van der Waals surface area contributed by atoms with E-state index in [1.165, 1.54) is 0 Å². The predicted octanol–water partition coefficient (Wildman–Crippen LogP) is 4.05. The van der Waals surface area contributed by atoms with Gasteiger partial charge in [-0.3, -0.25) is 14.5 Å². The van der Waals surface area contributed by atoms with E-state index in [1.54, 1.807) is 12.1 Å². The Hall–Kier alpha value is -2.70. The quantitative estimate of drug-likeness (QED) is 0.470. The van der Waals surface area contributed by atoms with E-state index in [-0.39, 0.29) is 24.5 Å². The molecule has 0 amide bonds. The lowest BCUT2D eigenvalue weighted by Crippen LogP contribution is -2.39. The van der Waals surface area contributed by atoms with Gasteiger partial charge < -0.3 is 14.2 Å². The van der Waals surface area contributed by atoms with Crippen molar-refractivity contribution in [3.63, 3.8) is 0 Å². The predicted molar refractivity (Wildman–Crippen MR) is 118 cm³/mol. The van der Waals surface area contributed by atoms with Crippen molar-refractivity contribution in [3.05, 3.63) is 65.7 Å². The minimum atomic E-state index is -0.458. The summed E-state index contributed by atoms with van der Waals surface area (Å²) in [5.41, 5.74) is 1.23. The van der Waals surface area contributed by atoms with Gasteiger partial charge in [0.15, 0.2) is 12.4 Å². The monoisotopic (exact) mass is 425 g/mol. The zero-order valence-corrected chi connectivity index (χ0v) is 18.5. The van der Waals surface area contributed by atoms with Crippen molar-refractivity contribution in [3.8, 4) is 5.75 Å². The first-order valence-electron chi connectivity index (χ1n) is 10.7. The van der Waals surface area contributed by atoms with Gasteiger partial charge in [-0.05, 0) is 38.5 Å². The van der Waals surface area contributed by atoms with Crippen molar-refractivity contribution in [2.45, 2.75) is 38.9 Å². The van der Waals surface area contributed by atoms with Gasteiger partial charge in [-0.2, -0.15) is 0 Å². The summed E-state index contributed by atoms with van der Waals surface area (Å²) in [7, 11) is 0. The molecule has 0 N–H and O–H groups in total.